The Morgan fingerprint density at radius 2 is 1.82 bits per heavy atom. The average molecular weight is 386 g/mol. The molecule has 0 aromatic carbocycles. The molecule has 1 amide bonds. The van der Waals surface area contributed by atoms with Gasteiger partial charge in [-0.3, -0.25) is 14.3 Å². The highest BCUT2D eigenvalue weighted by Crippen LogP contribution is 2.28. The number of alkyl halides is 2. The van der Waals surface area contributed by atoms with Crippen LogP contribution in [0, 0.1) is 0 Å². The number of aromatic carboxylic acids is 1. The van der Waals surface area contributed by atoms with Crippen molar-refractivity contribution in [3.63, 3.8) is 0 Å². The van der Waals surface area contributed by atoms with Crippen molar-refractivity contribution >= 4 is 22.9 Å². The Hall–Kier alpha value is -3.36. The maximum Gasteiger partial charge on any atom is 0.337 e. The third-order valence-electron chi connectivity index (χ3n) is 4.80. The van der Waals surface area contributed by atoms with Crippen molar-refractivity contribution in [3.8, 4) is 5.69 Å². The zero-order valence-electron chi connectivity index (χ0n) is 14.7. The summed E-state index contributed by atoms with van der Waals surface area (Å²) >= 11 is 0. The van der Waals surface area contributed by atoms with E-state index in [0.29, 0.717) is 22.3 Å². The van der Waals surface area contributed by atoms with Crippen LogP contribution in [0.3, 0.4) is 0 Å². The molecule has 0 aliphatic carbocycles. The quantitative estimate of drug-likeness (QED) is 0.748. The third kappa shape index (κ3) is 3.30. The fourth-order valence-corrected chi connectivity index (χ4v) is 3.25. The maximum atomic E-state index is 13.3. The van der Waals surface area contributed by atoms with Crippen molar-refractivity contribution in [3.05, 3.63) is 54.1 Å². The number of fused-ring (bicyclic) bond motifs is 1. The second kappa shape index (κ2) is 6.66. The van der Waals surface area contributed by atoms with Crippen molar-refractivity contribution in [2.75, 3.05) is 13.1 Å². The van der Waals surface area contributed by atoms with Crippen LogP contribution in [-0.4, -0.2) is 55.4 Å². The summed E-state index contributed by atoms with van der Waals surface area (Å²) in [5, 5.41) is 9.79. The van der Waals surface area contributed by atoms with Crippen molar-refractivity contribution in [2.45, 2.75) is 18.8 Å². The fourth-order valence-electron chi connectivity index (χ4n) is 3.25. The monoisotopic (exact) mass is 386 g/mol. The van der Waals surface area contributed by atoms with Crippen molar-refractivity contribution < 1.29 is 23.5 Å². The van der Waals surface area contributed by atoms with E-state index in [1.165, 1.54) is 29.6 Å². The minimum absolute atomic E-state index is 0.0124. The van der Waals surface area contributed by atoms with Gasteiger partial charge in [0.05, 0.1) is 23.0 Å². The second-order valence-corrected chi connectivity index (χ2v) is 6.71. The van der Waals surface area contributed by atoms with E-state index < -0.39 is 11.9 Å². The number of aromatic nitrogens is 3. The summed E-state index contributed by atoms with van der Waals surface area (Å²) in [5.41, 5.74) is 1.44. The molecule has 0 unspecified atom stereocenters. The molecule has 4 rings (SSSR count). The number of hydrogen-bond donors (Lipinski definition) is 1. The highest BCUT2D eigenvalue weighted by molar-refractivity contribution is 5.97. The molecule has 7 nitrogen and oxygen atoms in total. The smallest absolute Gasteiger partial charge is 0.337 e. The van der Waals surface area contributed by atoms with Gasteiger partial charge in [-0.25, -0.2) is 18.6 Å². The maximum absolute atomic E-state index is 13.3. The van der Waals surface area contributed by atoms with Gasteiger partial charge in [0.25, 0.3) is 11.8 Å². The Morgan fingerprint density at radius 3 is 2.54 bits per heavy atom. The molecule has 1 saturated heterocycles. The van der Waals surface area contributed by atoms with Crippen molar-refractivity contribution in [1.82, 2.24) is 19.4 Å². The zero-order chi connectivity index (χ0) is 19.9. The van der Waals surface area contributed by atoms with Crippen LogP contribution < -0.4 is 0 Å². The predicted octanol–water partition coefficient (Wildman–Crippen LogP) is 2.99. The Kier molecular flexibility index (Phi) is 4.29. The van der Waals surface area contributed by atoms with Gasteiger partial charge in [-0.15, -0.1) is 0 Å². The third-order valence-corrected chi connectivity index (χ3v) is 4.80. The van der Waals surface area contributed by atoms with Gasteiger partial charge in [0, 0.05) is 49.9 Å². The van der Waals surface area contributed by atoms with Crippen LogP contribution in [0.1, 0.15) is 33.6 Å². The first-order chi connectivity index (χ1) is 13.3. The molecular formula is C19H16F2N4O3. The number of carbonyl (C=O) groups excluding carboxylic acids is 1. The summed E-state index contributed by atoms with van der Waals surface area (Å²) in [6.07, 6.45) is 5.21. The lowest BCUT2D eigenvalue weighted by Crippen LogP contribution is -2.42. The lowest BCUT2D eigenvalue weighted by molar-refractivity contribution is -0.0494. The van der Waals surface area contributed by atoms with Crippen LogP contribution in [0.4, 0.5) is 8.78 Å². The van der Waals surface area contributed by atoms with Crippen LogP contribution >= 0.6 is 0 Å². The Bertz CT molecular complexity index is 1070. The normalized spacial score (nSPS) is 16.3. The highest BCUT2D eigenvalue weighted by atomic mass is 19.3. The number of carboxylic acid groups (broad SMARTS) is 1. The summed E-state index contributed by atoms with van der Waals surface area (Å²) in [5.74, 6) is -4.12. The summed E-state index contributed by atoms with van der Waals surface area (Å²) < 4.78 is 28.3. The lowest BCUT2D eigenvalue weighted by atomic mass is 10.1. The van der Waals surface area contributed by atoms with E-state index in [4.69, 9.17) is 5.11 Å². The number of nitrogens with zero attached hydrogens (tertiary/aromatic N) is 4. The van der Waals surface area contributed by atoms with Crippen molar-refractivity contribution in [2.24, 2.45) is 0 Å². The molecule has 0 saturated carbocycles. The van der Waals surface area contributed by atoms with Crippen LogP contribution in [0.15, 0.2) is 43.0 Å². The topological polar surface area (TPSA) is 88.3 Å². The van der Waals surface area contributed by atoms with E-state index in [1.807, 2.05) is 0 Å². The number of pyridine rings is 2. The molecule has 0 spiro atoms. The minimum Gasteiger partial charge on any atom is -0.478 e. The minimum atomic E-state index is -2.71. The van der Waals surface area contributed by atoms with Gasteiger partial charge in [-0.1, -0.05) is 0 Å². The first kappa shape index (κ1) is 18.0. The standard InChI is InChI=1S/C19H16F2N4O3/c20-19(21)2-5-24(6-3-19)17(26)13-7-12-1-4-25(16(12)23-10-13)15-8-14(18(27)28)9-22-11-15/h1,4,7-11H,2-3,5-6H2,(H,27,28). The molecule has 0 atom stereocenters. The van der Waals surface area contributed by atoms with Crippen LogP contribution in [0.2, 0.25) is 0 Å². The zero-order valence-corrected chi connectivity index (χ0v) is 14.7. The van der Waals surface area contributed by atoms with E-state index in [2.05, 4.69) is 9.97 Å². The van der Waals surface area contributed by atoms with E-state index in [9.17, 15) is 18.4 Å². The molecule has 3 aromatic heterocycles. The number of piperidine rings is 1. The highest BCUT2D eigenvalue weighted by Gasteiger charge is 2.35. The van der Waals surface area contributed by atoms with Crippen LogP contribution in [-0.2, 0) is 0 Å². The largest absolute Gasteiger partial charge is 0.478 e. The predicted molar refractivity (Wildman–Crippen MR) is 95.9 cm³/mol. The summed E-state index contributed by atoms with van der Waals surface area (Å²) in [7, 11) is 0. The van der Waals surface area contributed by atoms with Crippen molar-refractivity contribution in [1.29, 1.82) is 0 Å². The Morgan fingerprint density at radius 1 is 1.07 bits per heavy atom. The van der Waals surface area contributed by atoms with E-state index in [0.717, 1.165) is 0 Å². The number of likely N-dealkylation sites (tertiary alicyclic amines) is 1. The average Bonchev–Trinajstić information content (AvgIpc) is 3.11. The fraction of sp³-hybridized carbons (Fsp3) is 0.263. The summed E-state index contributed by atoms with van der Waals surface area (Å²) in [6, 6.07) is 4.88. The van der Waals surface area contributed by atoms with Crippen LogP contribution in [0.5, 0.6) is 0 Å². The molecule has 4 heterocycles. The molecule has 1 fully saturated rings. The number of carbonyl (C=O) groups is 2. The van der Waals surface area contributed by atoms with E-state index in [1.54, 1.807) is 22.9 Å². The van der Waals surface area contributed by atoms with Gasteiger partial charge < -0.3 is 10.0 Å². The summed E-state index contributed by atoms with van der Waals surface area (Å²) in [6.45, 7) is 0.0249. The number of amides is 1. The molecule has 0 radical (unpaired) electrons. The Labute approximate surface area is 158 Å². The van der Waals surface area contributed by atoms with Gasteiger partial charge in [0.15, 0.2) is 0 Å². The molecule has 3 aromatic rings. The lowest BCUT2D eigenvalue weighted by Gasteiger charge is -2.31. The van der Waals surface area contributed by atoms with Gasteiger partial charge in [-0.05, 0) is 18.2 Å². The molecule has 1 N–H and O–H groups in total. The van der Waals surface area contributed by atoms with E-state index >= 15 is 0 Å². The van der Waals surface area contributed by atoms with Gasteiger partial charge >= 0.3 is 5.97 Å². The molecule has 9 heteroatoms. The van der Waals surface area contributed by atoms with E-state index in [-0.39, 0.29) is 37.4 Å². The second-order valence-electron chi connectivity index (χ2n) is 6.71. The van der Waals surface area contributed by atoms with Gasteiger partial charge in [-0.2, -0.15) is 0 Å². The first-order valence-corrected chi connectivity index (χ1v) is 8.67. The molecule has 28 heavy (non-hydrogen) atoms. The first-order valence-electron chi connectivity index (χ1n) is 8.67. The Balaban J connectivity index is 1.62. The molecule has 1 aliphatic heterocycles. The number of hydrogen-bond acceptors (Lipinski definition) is 4. The number of rotatable bonds is 3. The SMILES string of the molecule is O=C(O)c1cncc(-n2ccc3cc(C(=O)N4CCC(F)(F)CC4)cnc32)c1. The number of halogens is 2. The van der Waals surface area contributed by atoms with Crippen LogP contribution in [0.25, 0.3) is 16.7 Å². The summed E-state index contributed by atoms with van der Waals surface area (Å²) in [4.78, 5) is 33.4. The van der Waals surface area contributed by atoms with Gasteiger partial charge in [0.1, 0.15) is 5.65 Å². The molecule has 0 bridgehead atoms. The molecule has 144 valence electrons. The number of carboxylic acids is 1. The molecular weight excluding hydrogens is 370 g/mol. The molecule has 1 aliphatic rings. The van der Waals surface area contributed by atoms with Gasteiger partial charge in [0.2, 0.25) is 0 Å².